The molecule has 1 aliphatic rings. The van der Waals surface area contributed by atoms with Crippen LogP contribution in [0.3, 0.4) is 0 Å². The minimum Gasteiger partial charge on any atom is -0.393 e. The summed E-state index contributed by atoms with van der Waals surface area (Å²) >= 11 is 12.1. The predicted octanol–water partition coefficient (Wildman–Crippen LogP) is 5.19. The standard InChI is InChI=1S/C19H17Cl2N5/c20-13-8-14(21)10-15(9-13)25-18-17(22)19(24-11-23-18)26-7-3-5-12-4-1-2-6-16(12)26/h1-2,4,6,8-11H,3,5,7,22H2,(H,23,24,25). The van der Waals surface area contributed by atoms with Crippen LogP contribution in [-0.2, 0) is 6.42 Å². The number of anilines is 5. The number of halogens is 2. The van der Waals surface area contributed by atoms with Gasteiger partial charge < -0.3 is 16.0 Å². The third-order valence-electron chi connectivity index (χ3n) is 4.35. The molecule has 1 aliphatic heterocycles. The minimum absolute atomic E-state index is 0.486. The van der Waals surface area contributed by atoms with Crippen LogP contribution < -0.4 is 16.0 Å². The summed E-state index contributed by atoms with van der Waals surface area (Å²) in [6.07, 6.45) is 3.62. The van der Waals surface area contributed by atoms with Gasteiger partial charge in [-0.05, 0) is 42.7 Å². The number of hydrogen-bond donors (Lipinski definition) is 2. The number of aromatic nitrogens is 2. The second-order valence-electron chi connectivity index (χ2n) is 6.13. The average Bonchev–Trinajstić information content (AvgIpc) is 2.62. The fourth-order valence-electron chi connectivity index (χ4n) is 3.22. The third kappa shape index (κ3) is 3.28. The van der Waals surface area contributed by atoms with Crippen LogP contribution in [0.2, 0.25) is 10.0 Å². The first-order chi connectivity index (χ1) is 12.6. The van der Waals surface area contributed by atoms with Crippen LogP contribution in [-0.4, -0.2) is 16.5 Å². The molecule has 4 rings (SSSR count). The number of fused-ring (bicyclic) bond motifs is 1. The number of nitrogens with zero attached hydrogens (tertiary/aromatic N) is 3. The molecule has 0 saturated carbocycles. The molecule has 0 atom stereocenters. The van der Waals surface area contributed by atoms with Gasteiger partial charge in [0.15, 0.2) is 11.6 Å². The zero-order valence-corrected chi connectivity index (χ0v) is 15.4. The van der Waals surface area contributed by atoms with E-state index >= 15 is 0 Å². The van der Waals surface area contributed by atoms with E-state index in [1.807, 2.05) is 6.07 Å². The number of aryl methyl sites for hydroxylation is 1. The van der Waals surface area contributed by atoms with Gasteiger partial charge in [-0.15, -0.1) is 0 Å². The lowest BCUT2D eigenvalue weighted by molar-refractivity contribution is 0.759. The molecule has 0 spiro atoms. The zero-order valence-electron chi connectivity index (χ0n) is 13.9. The van der Waals surface area contributed by atoms with E-state index in [0.717, 1.165) is 30.8 Å². The van der Waals surface area contributed by atoms with E-state index in [-0.39, 0.29) is 0 Å². The molecule has 0 amide bonds. The zero-order chi connectivity index (χ0) is 18.1. The Kier molecular flexibility index (Phi) is 4.57. The van der Waals surface area contributed by atoms with Crippen LogP contribution in [0.5, 0.6) is 0 Å². The van der Waals surface area contributed by atoms with E-state index in [4.69, 9.17) is 28.9 Å². The Morgan fingerprint density at radius 2 is 1.81 bits per heavy atom. The van der Waals surface area contributed by atoms with E-state index in [1.165, 1.54) is 11.9 Å². The normalized spacial score (nSPS) is 13.4. The molecule has 2 aromatic carbocycles. The van der Waals surface area contributed by atoms with E-state index < -0.39 is 0 Å². The molecule has 3 N–H and O–H groups in total. The largest absolute Gasteiger partial charge is 0.393 e. The molecule has 0 unspecified atom stereocenters. The van der Waals surface area contributed by atoms with Crippen molar-refractivity contribution in [1.82, 2.24) is 9.97 Å². The summed E-state index contributed by atoms with van der Waals surface area (Å²) in [6, 6.07) is 13.5. The lowest BCUT2D eigenvalue weighted by Gasteiger charge is -2.31. The minimum atomic E-state index is 0.486. The molecular weight excluding hydrogens is 369 g/mol. The van der Waals surface area contributed by atoms with Gasteiger partial charge in [-0.1, -0.05) is 41.4 Å². The van der Waals surface area contributed by atoms with Gasteiger partial charge in [0.2, 0.25) is 0 Å². The number of nitrogen functional groups attached to an aromatic ring is 1. The number of nitrogens with two attached hydrogens (primary N) is 1. The number of nitrogens with one attached hydrogen (secondary N) is 1. The molecular formula is C19H17Cl2N5. The summed E-state index contributed by atoms with van der Waals surface area (Å²) in [6.45, 7) is 0.862. The first-order valence-corrected chi connectivity index (χ1v) is 9.06. The van der Waals surface area contributed by atoms with Crippen LogP contribution in [0.15, 0.2) is 48.8 Å². The van der Waals surface area contributed by atoms with Gasteiger partial charge >= 0.3 is 0 Å². The van der Waals surface area contributed by atoms with Gasteiger partial charge in [-0.2, -0.15) is 0 Å². The molecule has 0 aliphatic carbocycles. The first-order valence-electron chi connectivity index (χ1n) is 8.31. The first kappa shape index (κ1) is 16.9. The molecule has 132 valence electrons. The molecule has 0 radical (unpaired) electrons. The smallest absolute Gasteiger partial charge is 0.161 e. The van der Waals surface area contributed by atoms with Crippen LogP contribution in [0.1, 0.15) is 12.0 Å². The Labute approximate surface area is 161 Å². The monoisotopic (exact) mass is 385 g/mol. The van der Waals surface area contributed by atoms with E-state index in [2.05, 4.69) is 38.4 Å². The quantitative estimate of drug-likeness (QED) is 0.648. The molecule has 26 heavy (non-hydrogen) atoms. The van der Waals surface area contributed by atoms with Crippen molar-refractivity contribution in [3.05, 3.63) is 64.4 Å². The van der Waals surface area contributed by atoms with Crippen LogP contribution in [0.25, 0.3) is 0 Å². The van der Waals surface area contributed by atoms with Crippen molar-refractivity contribution >= 4 is 51.9 Å². The maximum Gasteiger partial charge on any atom is 0.161 e. The second-order valence-corrected chi connectivity index (χ2v) is 7.00. The van der Waals surface area contributed by atoms with E-state index in [1.54, 1.807) is 18.2 Å². The van der Waals surface area contributed by atoms with Gasteiger partial charge in [0.1, 0.15) is 12.0 Å². The van der Waals surface area contributed by atoms with Gasteiger partial charge in [-0.3, -0.25) is 0 Å². The Bertz CT molecular complexity index is 940. The van der Waals surface area contributed by atoms with Crippen molar-refractivity contribution in [1.29, 1.82) is 0 Å². The molecule has 3 aromatic rings. The van der Waals surface area contributed by atoms with Crippen LogP contribution in [0.4, 0.5) is 28.7 Å². The molecule has 1 aromatic heterocycles. The molecule has 0 bridgehead atoms. The maximum atomic E-state index is 6.40. The fraction of sp³-hybridized carbons (Fsp3) is 0.158. The topological polar surface area (TPSA) is 67.1 Å². The Morgan fingerprint density at radius 1 is 1.04 bits per heavy atom. The van der Waals surface area contributed by atoms with E-state index in [9.17, 15) is 0 Å². The van der Waals surface area contributed by atoms with Crippen LogP contribution in [0, 0.1) is 0 Å². The number of para-hydroxylation sites is 1. The van der Waals surface area contributed by atoms with Crippen molar-refractivity contribution in [3.8, 4) is 0 Å². The molecule has 2 heterocycles. The number of rotatable bonds is 3. The number of hydrogen-bond acceptors (Lipinski definition) is 5. The summed E-state index contributed by atoms with van der Waals surface area (Å²) in [5.41, 5.74) is 10.0. The van der Waals surface area contributed by atoms with Crippen molar-refractivity contribution in [2.24, 2.45) is 0 Å². The highest BCUT2D eigenvalue weighted by molar-refractivity contribution is 6.35. The highest BCUT2D eigenvalue weighted by Gasteiger charge is 2.22. The highest BCUT2D eigenvalue weighted by atomic mass is 35.5. The molecule has 0 saturated heterocycles. The van der Waals surface area contributed by atoms with Gasteiger partial charge in [0.05, 0.1) is 0 Å². The van der Waals surface area contributed by atoms with Crippen molar-refractivity contribution in [3.63, 3.8) is 0 Å². The Balaban J connectivity index is 1.71. The summed E-state index contributed by atoms with van der Waals surface area (Å²) in [7, 11) is 0. The molecule has 7 heteroatoms. The van der Waals surface area contributed by atoms with Crippen molar-refractivity contribution in [2.75, 3.05) is 22.5 Å². The summed E-state index contributed by atoms with van der Waals surface area (Å²) in [5.74, 6) is 1.22. The summed E-state index contributed by atoms with van der Waals surface area (Å²) < 4.78 is 0. The maximum absolute atomic E-state index is 6.40. The summed E-state index contributed by atoms with van der Waals surface area (Å²) in [5, 5.41) is 4.26. The van der Waals surface area contributed by atoms with Gasteiger partial charge in [0.25, 0.3) is 0 Å². The van der Waals surface area contributed by atoms with Crippen molar-refractivity contribution < 1.29 is 0 Å². The SMILES string of the molecule is Nc1c(Nc2cc(Cl)cc(Cl)c2)ncnc1N1CCCc2ccccc21. The lowest BCUT2D eigenvalue weighted by atomic mass is 10.0. The third-order valence-corrected chi connectivity index (χ3v) is 4.79. The number of benzene rings is 2. The van der Waals surface area contributed by atoms with E-state index in [0.29, 0.717) is 27.4 Å². The fourth-order valence-corrected chi connectivity index (χ4v) is 3.74. The van der Waals surface area contributed by atoms with Crippen molar-refractivity contribution in [2.45, 2.75) is 12.8 Å². The van der Waals surface area contributed by atoms with Gasteiger partial charge in [0, 0.05) is 28.0 Å². The predicted molar refractivity (Wildman–Crippen MR) is 108 cm³/mol. The van der Waals surface area contributed by atoms with Gasteiger partial charge in [-0.25, -0.2) is 9.97 Å². The highest BCUT2D eigenvalue weighted by Crippen LogP contribution is 2.37. The Morgan fingerprint density at radius 3 is 2.62 bits per heavy atom. The Hall–Kier alpha value is -2.50. The molecule has 5 nitrogen and oxygen atoms in total. The summed E-state index contributed by atoms with van der Waals surface area (Å²) in [4.78, 5) is 10.9. The lowest BCUT2D eigenvalue weighted by Crippen LogP contribution is -2.26. The second kappa shape index (κ2) is 7.02. The van der Waals surface area contributed by atoms with Crippen LogP contribution >= 0.6 is 23.2 Å². The molecule has 0 fully saturated rings. The average molecular weight is 386 g/mol.